The average molecular weight is 338 g/mol. The zero-order valence-corrected chi connectivity index (χ0v) is 13.4. The molecule has 0 heterocycles. The van der Waals surface area contributed by atoms with Crippen molar-refractivity contribution in [3.8, 4) is 0 Å². The molecule has 23 heavy (non-hydrogen) atoms. The summed E-state index contributed by atoms with van der Waals surface area (Å²) in [5.74, 6) is 0. The van der Waals surface area contributed by atoms with Crippen LogP contribution in [0.25, 0.3) is 0 Å². The Morgan fingerprint density at radius 1 is 1.00 bits per heavy atom. The van der Waals surface area contributed by atoms with E-state index in [1.54, 1.807) is 0 Å². The summed E-state index contributed by atoms with van der Waals surface area (Å²) in [6.45, 7) is 2.55. The first-order chi connectivity index (χ1) is 10.8. The van der Waals surface area contributed by atoms with Crippen molar-refractivity contribution in [1.82, 2.24) is 5.32 Å². The number of thiocarbonyl (C=S) groups is 1. The van der Waals surface area contributed by atoms with Gasteiger partial charge < -0.3 is 10.6 Å². The molecule has 122 valence electrons. The highest BCUT2D eigenvalue weighted by molar-refractivity contribution is 7.80. The summed E-state index contributed by atoms with van der Waals surface area (Å²) in [4.78, 5) is 0. The molecule has 0 bridgehead atoms. The van der Waals surface area contributed by atoms with Gasteiger partial charge in [0.05, 0.1) is 5.56 Å². The number of hydrogen-bond donors (Lipinski definition) is 2. The molecule has 0 amide bonds. The minimum atomic E-state index is -4.30. The molecule has 0 unspecified atom stereocenters. The van der Waals surface area contributed by atoms with E-state index in [1.165, 1.54) is 12.1 Å². The van der Waals surface area contributed by atoms with E-state index in [9.17, 15) is 13.2 Å². The van der Waals surface area contributed by atoms with Gasteiger partial charge in [0.2, 0.25) is 0 Å². The molecule has 2 nitrogen and oxygen atoms in total. The first kappa shape index (κ1) is 17.3. The van der Waals surface area contributed by atoms with Crippen molar-refractivity contribution in [2.75, 3.05) is 11.9 Å². The van der Waals surface area contributed by atoms with Gasteiger partial charge in [-0.05, 0) is 55.4 Å². The first-order valence-corrected chi connectivity index (χ1v) is 7.53. The lowest BCUT2D eigenvalue weighted by molar-refractivity contribution is -0.137. The van der Waals surface area contributed by atoms with Gasteiger partial charge >= 0.3 is 6.18 Å². The largest absolute Gasteiger partial charge is 0.416 e. The number of anilines is 1. The van der Waals surface area contributed by atoms with Crippen molar-refractivity contribution in [2.45, 2.75) is 19.5 Å². The van der Waals surface area contributed by atoms with Crippen LogP contribution in [0.15, 0.2) is 48.5 Å². The van der Waals surface area contributed by atoms with E-state index < -0.39 is 11.7 Å². The maximum absolute atomic E-state index is 12.5. The lowest BCUT2D eigenvalue weighted by Crippen LogP contribution is -2.30. The highest BCUT2D eigenvalue weighted by Crippen LogP contribution is 2.29. The summed E-state index contributed by atoms with van der Waals surface area (Å²) in [7, 11) is 0. The van der Waals surface area contributed by atoms with E-state index in [1.807, 2.05) is 31.2 Å². The van der Waals surface area contributed by atoms with Gasteiger partial charge in [0.25, 0.3) is 0 Å². The van der Waals surface area contributed by atoms with E-state index in [4.69, 9.17) is 12.2 Å². The summed E-state index contributed by atoms with van der Waals surface area (Å²) in [6, 6.07) is 13.0. The fourth-order valence-corrected chi connectivity index (χ4v) is 2.21. The van der Waals surface area contributed by atoms with E-state index in [2.05, 4.69) is 10.6 Å². The van der Waals surface area contributed by atoms with E-state index in [0.717, 1.165) is 28.9 Å². The van der Waals surface area contributed by atoms with Crippen LogP contribution in [0.5, 0.6) is 0 Å². The normalized spacial score (nSPS) is 11.1. The minimum absolute atomic E-state index is 0.487. The fourth-order valence-electron chi connectivity index (χ4n) is 1.99. The van der Waals surface area contributed by atoms with Crippen molar-refractivity contribution in [3.05, 3.63) is 65.2 Å². The smallest absolute Gasteiger partial charge is 0.362 e. The average Bonchev–Trinajstić information content (AvgIpc) is 2.49. The Bertz CT molecular complexity index is 649. The molecular formula is C17H17F3N2S. The van der Waals surface area contributed by atoms with Crippen LogP contribution in [0.3, 0.4) is 0 Å². The highest BCUT2D eigenvalue weighted by atomic mass is 32.1. The van der Waals surface area contributed by atoms with Crippen LogP contribution in [0.4, 0.5) is 18.9 Å². The molecule has 2 N–H and O–H groups in total. The predicted molar refractivity (Wildman–Crippen MR) is 90.6 cm³/mol. The topological polar surface area (TPSA) is 24.1 Å². The van der Waals surface area contributed by atoms with Gasteiger partial charge in [-0.25, -0.2) is 0 Å². The number of hydrogen-bond acceptors (Lipinski definition) is 1. The van der Waals surface area contributed by atoms with Gasteiger partial charge in [0, 0.05) is 12.2 Å². The molecule has 2 rings (SSSR count). The summed E-state index contributed by atoms with van der Waals surface area (Å²) in [6.07, 6.45) is -3.70. The number of aryl methyl sites for hydroxylation is 1. The molecule has 0 fully saturated rings. The highest BCUT2D eigenvalue weighted by Gasteiger charge is 2.29. The number of nitrogens with one attached hydrogen (secondary N) is 2. The van der Waals surface area contributed by atoms with Gasteiger partial charge in [-0.15, -0.1) is 0 Å². The summed E-state index contributed by atoms with van der Waals surface area (Å²) in [5, 5.41) is 6.58. The van der Waals surface area contributed by atoms with E-state index in [-0.39, 0.29) is 0 Å². The van der Waals surface area contributed by atoms with Gasteiger partial charge in [0.15, 0.2) is 5.11 Å². The van der Waals surface area contributed by atoms with E-state index >= 15 is 0 Å². The fraction of sp³-hybridized carbons (Fsp3) is 0.235. The second-order valence-corrected chi connectivity index (χ2v) is 5.60. The van der Waals surface area contributed by atoms with Gasteiger partial charge in [0.1, 0.15) is 0 Å². The SMILES string of the molecule is Cc1ccc(NC(=S)NCCc2ccc(C(F)(F)F)cc2)cc1. The second-order valence-electron chi connectivity index (χ2n) is 5.19. The zero-order chi connectivity index (χ0) is 16.9. The third-order valence-corrected chi connectivity index (χ3v) is 3.54. The van der Waals surface area contributed by atoms with Crippen molar-refractivity contribution in [1.29, 1.82) is 0 Å². The van der Waals surface area contributed by atoms with Gasteiger partial charge in [-0.1, -0.05) is 29.8 Å². The predicted octanol–water partition coefficient (Wildman–Crippen LogP) is 4.54. The maximum Gasteiger partial charge on any atom is 0.416 e. The number of rotatable bonds is 4. The number of alkyl halides is 3. The van der Waals surface area contributed by atoms with Crippen LogP contribution in [0, 0.1) is 6.92 Å². The Morgan fingerprint density at radius 3 is 2.17 bits per heavy atom. The lowest BCUT2D eigenvalue weighted by atomic mass is 10.1. The number of benzene rings is 2. The third kappa shape index (κ3) is 5.56. The molecule has 0 aliphatic rings. The Kier molecular flexibility index (Phi) is 5.60. The molecule has 6 heteroatoms. The van der Waals surface area contributed by atoms with Crippen molar-refractivity contribution < 1.29 is 13.2 Å². The molecule has 0 spiro atoms. The number of halogens is 3. The summed E-state index contributed by atoms with van der Waals surface area (Å²) < 4.78 is 37.4. The van der Waals surface area contributed by atoms with Crippen LogP contribution >= 0.6 is 12.2 Å². The summed E-state index contributed by atoms with van der Waals surface area (Å²) in [5.41, 5.74) is 2.24. The standard InChI is InChI=1S/C17H17F3N2S/c1-12-2-8-15(9-3-12)22-16(23)21-11-10-13-4-6-14(7-5-13)17(18,19)20/h2-9H,10-11H2,1H3,(H2,21,22,23). The van der Waals surface area contributed by atoms with Gasteiger partial charge in [-0.2, -0.15) is 13.2 Å². The van der Waals surface area contributed by atoms with Crippen LogP contribution < -0.4 is 10.6 Å². The Hall–Kier alpha value is -2.08. The summed E-state index contributed by atoms with van der Waals surface area (Å²) >= 11 is 5.18. The van der Waals surface area contributed by atoms with Crippen molar-refractivity contribution >= 4 is 23.0 Å². The molecule has 2 aromatic rings. The molecule has 0 saturated heterocycles. The van der Waals surface area contributed by atoms with Crippen LogP contribution in [0.1, 0.15) is 16.7 Å². The monoisotopic (exact) mass is 338 g/mol. The molecule has 0 aliphatic heterocycles. The quantitative estimate of drug-likeness (QED) is 0.800. The molecule has 0 radical (unpaired) electrons. The lowest BCUT2D eigenvalue weighted by Gasteiger charge is -2.11. The molecule has 2 aromatic carbocycles. The van der Waals surface area contributed by atoms with Crippen molar-refractivity contribution in [3.63, 3.8) is 0 Å². The van der Waals surface area contributed by atoms with Crippen LogP contribution in [-0.2, 0) is 12.6 Å². The molecule has 0 aromatic heterocycles. The Labute approximate surface area is 138 Å². The van der Waals surface area contributed by atoms with Crippen molar-refractivity contribution in [2.24, 2.45) is 0 Å². The van der Waals surface area contributed by atoms with Crippen LogP contribution in [-0.4, -0.2) is 11.7 Å². The Balaban J connectivity index is 1.78. The molecule has 0 atom stereocenters. The van der Waals surface area contributed by atoms with Crippen LogP contribution in [0.2, 0.25) is 0 Å². The molecular weight excluding hydrogens is 321 g/mol. The minimum Gasteiger partial charge on any atom is -0.362 e. The maximum atomic E-state index is 12.5. The Morgan fingerprint density at radius 2 is 1.61 bits per heavy atom. The van der Waals surface area contributed by atoms with Gasteiger partial charge in [-0.3, -0.25) is 0 Å². The first-order valence-electron chi connectivity index (χ1n) is 7.12. The molecule has 0 aliphatic carbocycles. The van der Waals surface area contributed by atoms with E-state index in [0.29, 0.717) is 18.1 Å². The second kappa shape index (κ2) is 7.46. The zero-order valence-electron chi connectivity index (χ0n) is 12.6. The third-order valence-electron chi connectivity index (χ3n) is 3.29. The molecule has 0 saturated carbocycles.